The first-order valence-corrected chi connectivity index (χ1v) is 6.43. The van der Waals surface area contributed by atoms with Crippen LogP contribution in [0.15, 0.2) is 30.3 Å². The summed E-state index contributed by atoms with van der Waals surface area (Å²) in [5.74, 6) is -1.15. The van der Waals surface area contributed by atoms with Crippen LogP contribution in [0.1, 0.15) is 18.4 Å². The van der Waals surface area contributed by atoms with E-state index < -0.39 is 5.91 Å². The number of primary amides is 1. The molecule has 20 heavy (non-hydrogen) atoms. The van der Waals surface area contributed by atoms with E-state index in [0.29, 0.717) is 6.54 Å². The first-order valence-electron chi connectivity index (χ1n) is 6.43. The van der Waals surface area contributed by atoms with Gasteiger partial charge in [0, 0.05) is 19.4 Å². The predicted molar refractivity (Wildman–Crippen MR) is 74.6 cm³/mol. The number of carbonyl (C=O) groups excluding carboxylic acids is 3. The summed E-state index contributed by atoms with van der Waals surface area (Å²) in [5.41, 5.74) is 6.03. The lowest BCUT2D eigenvalue weighted by Gasteiger charge is -2.05. The average Bonchev–Trinajstić information content (AvgIpc) is 2.44. The molecule has 3 amide bonds. The van der Waals surface area contributed by atoms with E-state index >= 15 is 0 Å². The normalized spacial score (nSPS) is 9.80. The Labute approximate surface area is 117 Å². The van der Waals surface area contributed by atoms with Crippen LogP contribution in [-0.4, -0.2) is 30.8 Å². The number of nitrogens with two attached hydrogens (primary N) is 1. The summed E-state index contributed by atoms with van der Waals surface area (Å²) in [4.78, 5) is 33.2. The van der Waals surface area contributed by atoms with Gasteiger partial charge in [-0.05, 0) is 12.0 Å². The second-order valence-corrected chi connectivity index (χ2v) is 4.33. The van der Waals surface area contributed by atoms with Gasteiger partial charge in [0.25, 0.3) is 0 Å². The van der Waals surface area contributed by atoms with Gasteiger partial charge in [-0.25, -0.2) is 0 Å². The van der Waals surface area contributed by atoms with Gasteiger partial charge in [-0.15, -0.1) is 0 Å². The van der Waals surface area contributed by atoms with Crippen molar-refractivity contribution in [2.24, 2.45) is 5.73 Å². The Morgan fingerprint density at radius 3 is 2.15 bits per heavy atom. The Hall–Kier alpha value is -2.37. The van der Waals surface area contributed by atoms with Gasteiger partial charge in [0.2, 0.25) is 17.7 Å². The quantitative estimate of drug-likeness (QED) is 0.609. The molecule has 6 heteroatoms. The van der Waals surface area contributed by atoms with Crippen LogP contribution in [0.4, 0.5) is 0 Å². The molecular weight excluding hydrogens is 258 g/mol. The number of hydrogen-bond donors (Lipinski definition) is 3. The van der Waals surface area contributed by atoms with E-state index in [4.69, 9.17) is 5.73 Å². The summed E-state index contributed by atoms with van der Waals surface area (Å²) in [6.45, 7) is 0.334. The predicted octanol–water partition coefficient (Wildman–Crippen LogP) is -0.273. The number of hydrogen-bond acceptors (Lipinski definition) is 3. The van der Waals surface area contributed by atoms with E-state index in [2.05, 4.69) is 10.6 Å². The standard InChI is InChI=1S/C14H19N3O3/c15-12(18)10-17-14(20)7-6-13(19)16-9-8-11-4-2-1-3-5-11/h1-5H,6-10H2,(H2,15,18)(H,16,19)(H,17,20). The minimum Gasteiger partial charge on any atom is -0.368 e. The van der Waals surface area contributed by atoms with Crippen LogP contribution in [0.25, 0.3) is 0 Å². The third kappa shape index (κ3) is 7.15. The minimum absolute atomic E-state index is 0.0461. The number of amides is 3. The fraction of sp³-hybridized carbons (Fsp3) is 0.357. The fourth-order valence-corrected chi connectivity index (χ4v) is 1.58. The van der Waals surface area contributed by atoms with Crippen LogP contribution in [0, 0.1) is 0 Å². The van der Waals surface area contributed by atoms with Crippen molar-refractivity contribution in [2.45, 2.75) is 19.3 Å². The maximum absolute atomic E-state index is 11.5. The van der Waals surface area contributed by atoms with E-state index in [1.54, 1.807) is 0 Å². The van der Waals surface area contributed by atoms with Crippen molar-refractivity contribution in [1.82, 2.24) is 10.6 Å². The SMILES string of the molecule is NC(=O)CNC(=O)CCC(=O)NCCc1ccccc1. The molecule has 1 aromatic carbocycles. The Balaban J connectivity index is 2.11. The molecule has 0 spiro atoms. The fourth-order valence-electron chi connectivity index (χ4n) is 1.58. The number of nitrogens with one attached hydrogen (secondary N) is 2. The average molecular weight is 277 g/mol. The number of carbonyl (C=O) groups is 3. The maximum Gasteiger partial charge on any atom is 0.236 e. The molecule has 0 aliphatic heterocycles. The van der Waals surface area contributed by atoms with Gasteiger partial charge < -0.3 is 16.4 Å². The van der Waals surface area contributed by atoms with Crippen molar-refractivity contribution in [3.8, 4) is 0 Å². The summed E-state index contributed by atoms with van der Waals surface area (Å²) in [6.07, 6.45) is 0.893. The molecule has 0 aliphatic carbocycles. The molecule has 0 radical (unpaired) electrons. The Kier molecular flexibility index (Phi) is 6.81. The smallest absolute Gasteiger partial charge is 0.236 e. The molecule has 0 atom stereocenters. The van der Waals surface area contributed by atoms with Crippen molar-refractivity contribution >= 4 is 17.7 Å². The highest BCUT2D eigenvalue weighted by atomic mass is 16.2. The highest BCUT2D eigenvalue weighted by Gasteiger charge is 2.07. The molecule has 0 saturated carbocycles. The number of benzene rings is 1. The molecule has 0 aliphatic rings. The van der Waals surface area contributed by atoms with Gasteiger partial charge in [0.1, 0.15) is 0 Å². The first-order chi connectivity index (χ1) is 9.58. The molecular formula is C14H19N3O3. The van der Waals surface area contributed by atoms with Crippen molar-refractivity contribution in [1.29, 1.82) is 0 Å². The zero-order chi connectivity index (χ0) is 14.8. The molecule has 0 unspecified atom stereocenters. The second kappa shape index (κ2) is 8.68. The minimum atomic E-state index is -0.606. The van der Waals surface area contributed by atoms with Gasteiger partial charge in [0.15, 0.2) is 0 Å². The van der Waals surface area contributed by atoms with Gasteiger partial charge in [-0.1, -0.05) is 30.3 Å². The van der Waals surface area contributed by atoms with Gasteiger partial charge >= 0.3 is 0 Å². The molecule has 0 fully saturated rings. The van der Waals surface area contributed by atoms with Gasteiger partial charge in [0.05, 0.1) is 6.54 Å². The van der Waals surface area contributed by atoms with Gasteiger partial charge in [-0.2, -0.15) is 0 Å². The van der Waals surface area contributed by atoms with E-state index in [9.17, 15) is 14.4 Å². The Morgan fingerprint density at radius 2 is 1.55 bits per heavy atom. The molecule has 0 heterocycles. The molecule has 108 valence electrons. The third-order valence-electron chi connectivity index (χ3n) is 2.62. The summed E-state index contributed by atoms with van der Waals surface area (Å²) >= 11 is 0. The topological polar surface area (TPSA) is 101 Å². The molecule has 0 aromatic heterocycles. The molecule has 6 nitrogen and oxygen atoms in total. The maximum atomic E-state index is 11.5. The van der Waals surface area contributed by atoms with E-state index in [1.165, 1.54) is 0 Å². The summed E-state index contributed by atoms with van der Waals surface area (Å²) in [7, 11) is 0. The molecule has 0 bridgehead atoms. The zero-order valence-corrected chi connectivity index (χ0v) is 11.2. The molecule has 1 aromatic rings. The first kappa shape index (κ1) is 15.7. The Bertz CT molecular complexity index is 460. The van der Waals surface area contributed by atoms with Crippen LogP contribution in [0.2, 0.25) is 0 Å². The Morgan fingerprint density at radius 1 is 0.950 bits per heavy atom. The van der Waals surface area contributed by atoms with Crippen LogP contribution in [-0.2, 0) is 20.8 Å². The van der Waals surface area contributed by atoms with Gasteiger partial charge in [-0.3, -0.25) is 14.4 Å². The highest BCUT2D eigenvalue weighted by Crippen LogP contribution is 1.98. The van der Waals surface area contributed by atoms with Crippen molar-refractivity contribution < 1.29 is 14.4 Å². The van der Waals surface area contributed by atoms with Crippen LogP contribution >= 0.6 is 0 Å². The largest absolute Gasteiger partial charge is 0.368 e. The molecule has 0 saturated heterocycles. The summed E-state index contributed by atoms with van der Waals surface area (Å²) in [5, 5.41) is 5.07. The van der Waals surface area contributed by atoms with Crippen LogP contribution < -0.4 is 16.4 Å². The third-order valence-corrected chi connectivity index (χ3v) is 2.62. The molecule has 1 rings (SSSR count). The molecule has 4 N–H and O–H groups in total. The van der Waals surface area contributed by atoms with E-state index in [-0.39, 0.29) is 31.2 Å². The van der Waals surface area contributed by atoms with Crippen molar-refractivity contribution in [3.05, 3.63) is 35.9 Å². The zero-order valence-electron chi connectivity index (χ0n) is 11.2. The van der Waals surface area contributed by atoms with Crippen molar-refractivity contribution in [2.75, 3.05) is 13.1 Å². The van der Waals surface area contributed by atoms with Crippen LogP contribution in [0.5, 0.6) is 0 Å². The van der Waals surface area contributed by atoms with Crippen LogP contribution in [0.3, 0.4) is 0 Å². The number of rotatable bonds is 8. The lowest BCUT2D eigenvalue weighted by molar-refractivity contribution is -0.127. The van der Waals surface area contributed by atoms with E-state index in [0.717, 1.165) is 12.0 Å². The lowest BCUT2D eigenvalue weighted by atomic mass is 10.1. The van der Waals surface area contributed by atoms with Crippen molar-refractivity contribution in [3.63, 3.8) is 0 Å². The lowest BCUT2D eigenvalue weighted by Crippen LogP contribution is -2.34. The summed E-state index contributed by atoms with van der Waals surface area (Å²) < 4.78 is 0. The monoisotopic (exact) mass is 277 g/mol. The highest BCUT2D eigenvalue weighted by molar-refractivity contribution is 5.86. The second-order valence-electron chi connectivity index (χ2n) is 4.33. The summed E-state index contributed by atoms with van der Waals surface area (Å²) in [6, 6.07) is 9.81. The van der Waals surface area contributed by atoms with E-state index in [1.807, 2.05) is 30.3 Å².